The molecule has 0 unspecified atom stereocenters. The van der Waals surface area contributed by atoms with E-state index in [0.29, 0.717) is 11.5 Å². The van der Waals surface area contributed by atoms with Gasteiger partial charge in [-0.2, -0.15) is 0 Å². The average Bonchev–Trinajstić information content (AvgIpc) is 2.65. The molecule has 148 valence electrons. The molecule has 0 bridgehead atoms. The van der Waals surface area contributed by atoms with Gasteiger partial charge < -0.3 is 9.47 Å². The molecule has 0 amide bonds. The minimum Gasteiger partial charge on any atom is -0.497 e. The third-order valence-corrected chi connectivity index (χ3v) is 6.94. The van der Waals surface area contributed by atoms with Gasteiger partial charge in [-0.3, -0.25) is 0 Å². The van der Waals surface area contributed by atoms with Crippen LogP contribution in [0.5, 0.6) is 11.5 Å². The fourth-order valence-corrected chi connectivity index (χ4v) is 4.02. The van der Waals surface area contributed by atoms with Crippen LogP contribution in [0.2, 0.25) is 0 Å². The summed E-state index contributed by atoms with van der Waals surface area (Å²) in [4.78, 5) is 0.279. The lowest BCUT2D eigenvalue weighted by Crippen LogP contribution is -2.28. The summed E-state index contributed by atoms with van der Waals surface area (Å²) >= 11 is 0. The minimum atomic E-state index is -3.65. The van der Waals surface area contributed by atoms with Crippen molar-refractivity contribution in [1.29, 1.82) is 0 Å². The Kier molecular flexibility index (Phi) is 6.82. The van der Waals surface area contributed by atoms with Crippen LogP contribution in [0.3, 0.4) is 0 Å². The Morgan fingerprint density at radius 2 is 1.37 bits per heavy atom. The van der Waals surface area contributed by atoms with Gasteiger partial charge >= 0.3 is 0 Å². The molecule has 0 spiro atoms. The summed E-state index contributed by atoms with van der Waals surface area (Å²) in [7, 11) is -2.73. The summed E-state index contributed by atoms with van der Waals surface area (Å²) in [5, 5.41) is 0. The van der Waals surface area contributed by atoms with E-state index < -0.39 is 20.0 Å². The van der Waals surface area contributed by atoms with Crippen LogP contribution in [0.1, 0.15) is 0 Å². The Bertz CT molecular complexity index is 953. The van der Waals surface area contributed by atoms with Crippen molar-refractivity contribution in [2.45, 2.75) is 9.79 Å². The molecule has 1 N–H and O–H groups in total. The number of nitrogens with one attached hydrogen (secondary N) is 1. The molecule has 0 saturated heterocycles. The van der Waals surface area contributed by atoms with Gasteiger partial charge in [-0.1, -0.05) is 0 Å². The van der Waals surface area contributed by atoms with Crippen molar-refractivity contribution in [1.82, 2.24) is 9.03 Å². The lowest BCUT2D eigenvalue weighted by molar-refractivity contribution is 0.322. The number of nitrogens with zero attached hydrogens (tertiary/aromatic N) is 1. The van der Waals surface area contributed by atoms with Crippen LogP contribution in [0.15, 0.2) is 58.3 Å². The van der Waals surface area contributed by atoms with Gasteiger partial charge in [0.25, 0.3) is 0 Å². The van der Waals surface area contributed by atoms with Gasteiger partial charge in [-0.05, 0) is 48.5 Å². The quantitative estimate of drug-likeness (QED) is 0.621. The van der Waals surface area contributed by atoms with E-state index in [1.807, 2.05) is 0 Å². The van der Waals surface area contributed by atoms with E-state index >= 15 is 0 Å². The molecule has 0 radical (unpaired) electrons. The monoisotopic (exact) mass is 414 g/mol. The molecule has 2 aromatic carbocycles. The van der Waals surface area contributed by atoms with Crippen molar-refractivity contribution >= 4 is 20.0 Å². The third kappa shape index (κ3) is 5.42. The van der Waals surface area contributed by atoms with Gasteiger partial charge in [0.05, 0.1) is 16.9 Å². The highest BCUT2D eigenvalue weighted by Crippen LogP contribution is 2.18. The Hall–Kier alpha value is -2.14. The zero-order valence-electron chi connectivity index (χ0n) is 15.2. The molecule has 2 aromatic rings. The second-order valence-corrected chi connectivity index (χ2v) is 9.60. The fraction of sp³-hybridized carbons (Fsp3) is 0.294. The fourth-order valence-electron chi connectivity index (χ4n) is 2.10. The van der Waals surface area contributed by atoms with E-state index in [9.17, 15) is 16.8 Å². The molecule has 0 aliphatic carbocycles. The molecular formula is C17H22N2O6S2. The number of ether oxygens (including phenoxy) is 2. The molecule has 0 saturated carbocycles. The standard InChI is InChI=1S/C17H22N2O6S2/c1-19(2)27(22,23)17-10-6-15(7-11-17)25-13-12-18-26(20,21)16-8-4-14(24-3)5-9-16/h4-11,18H,12-13H2,1-3H3. The number of benzene rings is 2. The molecule has 0 aromatic heterocycles. The van der Waals surface area contributed by atoms with Crippen molar-refractivity contribution in [2.24, 2.45) is 0 Å². The van der Waals surface area contributed by atoms with Crippen molar-refractivity contribution < 1.29 is 26.3 Å². The lowest BCUT2D eigenvalue weighted by atomic mass is 10.3. The van der Waals surface area contributed by atoms with E-state index in [0.717, 1.165) is 4.31 Å². The summed E-state index contributed by atoms with van der Waals surface area (Å²) in [5.74, 6) is 1.01. The van der Waals surface area contributed by atoms with Crippen LogP contribution >= 0.6 is 0 Å². The van der Waals surface area contributed by atoms with Gasteiger partial charge in [-0.15, -0.1) is 0 Å². The van der Waals surface area contributed by atoms with Crippen LogP contribution in [0.4, 0.5) is 0 Å². The van der Waals surface area contributed by atoms with Crippen LogP contribution < -0.4 is 14.2 Å². The van der Waals surface area contributed by atoms with Gasteiger partial charge in [0.15, 0.2) is 0 Å². The van der Waals surface area contributed by atoms with Crippen molar-refractivity contribution in [3.63, 3.8) is 0 Å². The Labute approximate surface area is 159 Å². The summed E-state index contributed by atoms with van der Waals surface area (Å²) in [6, 6.07) is 11.9. The van der Waals surface area contributed by atoms with E-state index in [1.165, 1.54) is 57.6 Å². The zero-order valence-corrected chi connectivity index (χ0v) is 16.9. The molecular weight excluding hydrogens is 392 g/mol. The maximum absolute atomic E-state index is 12.2. The maximum Gasteiger partial charge on any atom is 0.242 e. The van der Waals surface area contributed by atoms with Crippen LogP contribution in [0, 0.1) is 0 Å². The van der Waals surface area contributed by atoms with E-state index in [1.54, 1.807) is 12.1 Å². The molecule has 0 heterocycles. The highest BCUT2D eigenvalue weighted by Gasteiger charge is 2.17. The lowest BCUT2D eigenvalue weighted by Gasteiger charge is -2.12. The highest BCUT2D eigenvalue weighted by atomic mass is 32.2. The van der Waals surface area contributed by atoms with Crippen LogP contribution in [-0.4, -0.2) is 55.5 Å². The maximum atomic E-state index is 12.2. The molecule has 2 rings (SSSR count). The van der Waals surface area contributed by atoms with E-state index in [4.69, 9.17) is 9.47 Å². The second-order valence-electron chi connectivity index (χ2n) is 5.68. The Morgan fingerprint density at radius 3 is 1.89 bits per heavy atom. The molecule has 0 atom stereocenters. The predicted octanol–water partition coefficient (Wildman–Crippen LogP) is 1.30. The average molecular weight is 415 g/mol. The van der Waals surface area contributed by atoms with Gasteiger partial charge in [0.1, 0.15) is 18.1 Å². The van der Waals surface area contributed by atoms with E-state index in [-0.39, 0.29) is 22.9 Å². The number of hydrogen-bond acceptors (Lipinski definition) is 6. The molecule has 0 aliphatic rings. The Balaban J connectivity index is 1.89. The first-order valence-electron chi connectivity index (χ1n) is 7.96. The molecule has 0 aliphatic heterocycles. The second kappa shape index (κ2) is 8.70. The van der Waals surface area contributed by atoms with Crippen molar-refractivity contribution in [3.05, 3.63) is 48.5 Å². The number of methoxy groups -OCH3 is 1. The van der Waals surface area contributed by atoms with Crippen LogP contribution in [0.25, 0.3) is 0 Å². The minimum absolute atomic E-state index is 0.0616. The topological polar surface area (TPSA) is 102 Å². The van der Waals surface area contributed by atoms with Gasteiger partial charge in [-0.25, -0.2) is 25.9 Å². The number of sulfonamides is 2. The molecule has 10 heteroatoms. The number of hydrogen-bond donors (Lipinski definition) is 1. The van der Waals surface area contributed by atoms with Gasteiger partial charge in [0.2, 0.25) is 20.0 Å². The largest absolute Gasteiger partial charge is 0.497 e. The van der Waals surface area contributed by atoms with Gasteiger partial charge in [0, 0.05) is 20.6 Å². The van der Waals surface area contributed by atoms with Crippen molar-refractivity contribution in [3.8, 4) is 11.5 Å². The summed E-state index contributed by atoms with van der Waals surface area (Å²) in [5.41, 5.74) is 0. The first-order chi connectivity index (χ1) is 12.7. The summed E-state index contributed by atoms with van der Waals surface area (Å²) in [6.45, 7) is 0.154. The molecule has 0 fully saturated rings. The smallest absolute Gasteiger partial charge is 0.242 e. The first-order valence-corrected chi connectivity index (χ1v) is 10.9. The summed E-state index contributed by atoms with van der Waals surface area (Å²) in [6.07, 6.45) is 0. The highest BCUT2D eigenvalue weighted by molar-refractivity contribution is 7.89. The molecule has 8 nitrogen and oxygen atoms in total. The SMILES string of the molecule is COc1ccc(S(=O)(=O)NCCOc2ccc(S(=O)(=O)N(C)C)cc2)cc1. The number of rotatable bonds is 9. The normalized spacial score (nSPS) is 12.1. The van der Waals surface area contributed by atoms with Crippen molar-refractivity contribution in [2.75, 3.05) is 34.4 Å². The molecule has 27 heavy (non-hydrogen) atoms. The van der Waals surface area contributed by atoms with Crippen LogP contribution in [-0.2, 0) is 20.0 Å². The Morgan fingerprint density at radius 1 is 0.852 bits per heavy atom. The van der Waals surface area contributed by atoms with E-state index in [2.05, 4.69) is 4.72 Å². The zero-order chi connectivity index (χ0) is 20.1. The first kappa shape index (κ1) is 21.2. The predicted molar refractivity (Wildman–Crippen MR) is 101 cm³/mol. The third-order valence-electron chi connectivity index (χ3n) is 3.63. The summed E-state index contributed by atoms with van der Waals surface area (Å²) < 4.78 is 62.3.